The molecule has 0 fully saturated rings. The second kappa shape index (κ2) is 9.35. The van der Waals surface area contributed by atoms with E-state index in [1.807, 2.05) is 45.9 Å². The Bertz CT molecular complexity index is 1200. The third-order valence-electron chi connectivity index (χ3n) is 5.19. The molecule has 0 spiro atoms. The molecular formula is C25H28N2O3S. The van der Waals surface area contributed by atoms with E-state index in [0.717, 1.165) is 23.1 Å². The number of hydrogen-bond acceptors (Lipinski definition) is 3. The van der Waals surface area contributed by atoms with Gasteiger partial charge in [0.1, 0.15) is 0 Å². The summed E-state index contributed by atoms with van der Waals surface area (Å²) in [6.07, 6.45) is 0.725. The number of carbonyl (C=O) groups is 1. The van der Waals surface area contributed by atoms with Crippen LogP contribution in [-0.2, 0) is 10.0 Å². The zero-order chi connectivity index (χ0) is 22.6. The Kier molecular flexibility index (Phi) is 6.81. The van der Waals surface area contributed by atoms with Crippen LogP contribution in [0.25, 0.3) is 0 Å². The number of carbonyl (C=O) groups excluding carboxylic acids is 1. The number of anilines is 1. The molecule has 3 aromatic rings. The van der Waals surface area contributed by atoms with E-state index >= 15 is 0 Å². The van der Waals surface area contributed by atoms with E-state index in [-0.39, 0.29) is 16.8 Å². The third kappa shape index (κ3) is 5.52. The van der Waals surface area contributed by atoms with Crippen molar-refractivity contribution in [1.29, 1.82) is 0 Å². The number of amides is 1. The standard InChI is InChI=1S/C25H28N2O3S/c1-5-24(23-13-12-18(3)14-19(23)4)26-25(28)20-9-7-11-22(16-20)31(29,30)27-21-10-6-8-17(2)15-21/h6-16,24,27H,5H2,1-4H3,(H,26,28)/t24-/m1/s1. The Morgan fingerprint density at radius 3 is 2.29 bits per heavy atom. The van der Waals surface area contributed by atoms with Crippen molar-refractivity contribution in [3.63, 3.8) is 0 Å². The maximum atomic E-state index is 12.9. The highest BCUT2D eigenvalue weighted by atomic mass is 32.2. The van der Waals surface area contributed by atoms with E-state index in [2.05, 4.69) is 16.1 Å². The van der Waals surface area contributed by atoms with Crippen LogP contribution in [0.1, 0.15) is 52.0 Å². The van der Waals surface area contributed by atoms with E-state index in [4.69, 9.17) is 0 Å². The molecule has 0 unspecified atom stereocenters. The topological polar surface area (TPSA) is 75.3 Å². The summed E-state index contributed by atoms with van der Waals surface area (Å²) in [6.45, 7) is 7.97. The Hall–Kier alpha value is -3.12. The van der Waals surface area contributed by atoms with Crippen LogP contribution in [0.2, 0.25) is 0 Å². The van der Waals surface area contributed by atoms with Gasteiger partial charge in [-0.15, -0.1) is 0 Å². The minimum Gasteiger partial charge on any atom is -0.345 e. The molecule has 0 heterocycles. The molecule has 0 saturated heterocycles. The van der Waals surface area contributed by atoms with Crippen LogP contribution in [0.15, 0.2) is 71.6 Å². The maximum absolute atomic E-state index is 12.9. The zero-order valence-corrected chi connectivity index (χ0v) is 19.1. The SMILES string of the molecule is CC[C@@H](NC(=O)c1cccc(S(=O)(=O)Nc2cccc(C)c2)c1)c1ccc(C)cc1C. The van der Waals surface area contributed by atoms with Crippen molar-refractivity contribution in [1.82, 2.24) is 5.32 Å². The van der Waals surface area contributed by atoms with Crippen LogP contribution >= 0.6 is 0 Å². The van der Waals surface area contributed by atoms with Crippen molar-refractivity contribution >= 4 is 21.6 Å². The van der Waals surface area contributed by atoms with E-state index in [0.29, 0.717) is 11.3 Å². The fourth-order valence-corrected chi connectivity index (χ4v) is 4.68. The van der Waals surface area contributed by atoms with E-state index in [9.17, 15) is 13.2 Å². The normalized spacial score (nSPS) is 12.3. The van der Waals surface area contributed by atoms with Gasteiger partial charge in [-0.1, -0.05) is 48.9 Å². The second-order valence-electron chi connectivity index (χ2n) is 7.80. The molecule has 2 N–H and O–H groups in total. The fourth-order valence-electron chi connectivity index (χ4n) is 3.59. The summed E-state index contributed by atoms with van der Waals surface area (Å²) in [5.41, 5.74) is 5.08. The Morgan fingerprint density at radius 2 is 1.61 bits per heavy atom. The molecule has 3 rings (SSSR count). The summed E-state index contributed by atoms with van der Waals surface area (Å²) < 4.78 is 28.2. The Morgan fingerprint density at radius 1 is 0.903 bits per heavy atom. The summed E-state index contributed by atoms with van der Waals surface area (Å²) in [7, 11) is -3.81. The smallest absolute Gasteiger partial charge is 0.261 e. The van der Waals surface area contributed by atoms with Gasteiger partial charge in [-0.05, 0) is 74.2 Å². The maximum Gasteiger partial charge on any atom is 0.261 e. The molecule has 0 aliphatic heterocycles. The first-order valence-electron chi connectivity index (χ1n) is 10.3. The lowest BCUT2D eigenvalue weighted by Gasteiger charge is -2.20. The van der Waals surface area contributed by atoms with Crippen molar-refractivity contribution in [3.05, 3.63) is 94.5 Å². The van der Waals surface area contributed by atoms with E-state index in [1.54, 1.807) is 30.3 Å². The Labute approximate surface area is 184 Å². The summed E-state index contributed by atoms with van der Waals surface area (Å²) in [5.74, 6) is -0.306. The number of aryl methyl sites for hydroxylation is 3. The first-order valence-corrected chi connectivity index (χ1v) is 11.8. The van der Waals surface area contributed by atoms with Gasteiger partial charge >= 0.3 is 0 Å². The van der Waals surface area contributed by atoms with E-state index < -0.39 is 10.0 Å². The number of benzene rings is 3. The molecular weight excluding hydrogens is 408 g/mol. The highest BCUT2D eigenvalue weighted by Crippen LogP contribution is 2.23. The molecule has 0 aliphatic carbocycles. The zero-order valence-electron chi connectivity index (χ0n) is 18.3. The van der Waals surface area contributed by atoms with Gasteiger partial charge in [0.15, 0.2) is 0 Å². The van der Waals surface area contributed by atoms with Crippen molar-refractivity contribution in [2.24, 2.45) is 0 Å². The minimum absolute atomic E-state index is 0.0428. The highest BCUT2D eigenvalue weighted by Gasteiger charge is 2.19. The number of sulfonamides is 1. The first kappa shape index (κ1) is 22.6. The molecule has 0 radical (unpaired) electrons. The first-order chi connectivity index (χ1) is 14.7. The molecule has 0 saturated carbocycles. The predicted octanol–water partition coefficient (Wildman–Crippen LogP) is 5.29. The average Bonchev–Trinajstić information content (AvgIpc) is 2.72. The van der Waals surface area contributed by atoms with Crippen LogP contribution < -0.4 is 10.0 Å². The molecule has 1 atom stereocenters. The molecule has 6 heteroatoms. The number of hydrogen-bond donors (Lipinski definition) is 2. The molecule has 3 aromatic carbocycles. The lowest BCUT2D eigenvalue weighted by atomic mass is 9.97. The highest BCUT2D eigenvalue weighted by molar-refractivity contribution is 7.92. The molecule has 0 aromatic heterocycles. The van der Waals surface area contributed by atoms with Crippen molar-refractivity contribution in [2.75, 3.05) is 4.72 Å². The van der Waals surface area contributed by atoms with Crippen LogP contribution in [0.3, 0.4) is 0 Å². The monoisotopic (exact) mass is 436 g/mol. The largest absolute Gasteiger partial charge is 0.345 e. The molecule has 5 nitrogen and oxygen atoms in total. The summed E-state index contributed by atoms with van der Waals surface area (Å²) in [5, 5.41) is 3.04. The van der Waals surface area contributed by atoms with Gasteiger partial charge in [-0.25, -0.2) is 8.42 Å². The van der Waals surface area contributed by atoms with Crippen LogP contribution in [-0.4, -0.2) is 14.3 Å². The summed E-state index contributed by atoms with van der Waals surface area (Å²) in [4.78, 5) is 13.0. The quantitative estimate of drug-likeness (QED) is 0.528. The minimum atomic E-state index is -3.81. The van der Waals surface area contributed by atoms with E-state index in [1.165, 1.54) is 17.7 Å². The van der Waals surface area contributed by atoms with Crippen LogP contribution in [0.5, 0.6) is 0 Å². The molecule has 0 aliphatic rings. The number of nitrogens with one attached hydrogen (secondary N) is 2. The van der Waals surface area contributed by atoms with Gasteiger partial charge in [-0.3, -0.25) is 9.52 Å². The average molecular weight is 437 g/mol. The molecule has 0 bridgehead atoms. The molecule has 162 valence electrons. The van der Waals surface area contributed by atoms with Gasteiger partial charge in [0.2, 0.25) is 0 Å². The predicted molar refractivity (Wildman–Crippen MR) is 125 cm³/mol. The van der Waals surface area contributed by atoms with Crippen molar-refractivity contribution < 1.29 is 13.2 Å². The van der Waals surface area contributed by atoms with Crippen LogP contribution in [0.4, 0.5) is 5.69 Å². The molecule has 31 heavy (non-hydrogen) atoms. The summed E-state index contributed by atoms with van der Waals surface area (Å²) in [6, 6.07) is 19.2. The fraction of sp³-hybridized carbons (Fsp3) is 0.240. The molecule has 1 amide bonds. The lowest BCUT2D eigenvalue weighted by Crippen LogP contribution is -2.29. The third-order valence-corrected chi connectivity index (χ3v) is 6.57. The van der Waals surface area contributed by atoms with Crippen molar-refractivity contribution in [2.45, 2.75) is 45.1 Å². The van der Waals surface area contributed by atoms with Crippen molar-refractivity contribution in [3.8, 4) is 0 Å². The van der Waals surface area contributed by atoms with Gasteiger partial charge in [0, 0.05) is 11.3 Å². The lowest BCUT2D eigenvalue weighted by molar-refractivity contribution is 0.0935. The van der Waals surface area contributed by atoms with Gasteiger partial charge in [0.05, 0.1) is 10.9 Å². The van der Waals surface area contributed by atoms with Crippen LogP contribution in [0, 0.1) is 20.8 Å². The number of rotatable bonds is 7. The second-order valence-corrected chi connectivity index (χ2v) is 9.48. The van der Waals surface area contributed by atoms with Gasteiger partial charge in [0.25, 0.3) is 15.9 Å². The van der Waals surface area contributed by atoms with Gasteiger partial charge < -0.3 is 5.32 Å². The van der Waals surface area contributed by atoms with Gasteiger partial charge in [-0.2, -0.15) is 0 Å². The summed E-state index contributed by atoms with van der Waals surface area (Å²) >= 11 is 0. The Balaban J connectivity index is 1.82.